The summed E-state index contributed by atoms with van der Waals surface area (Å²) >= 11 is 3.20. The minimum Gasteiger partial charge on any atom is -0.325 e. The van der Waals surface area contributed by atoms with Crippen molar-refractivity contribution in [2.75, 3.05) is 5.32 Å². The van der Waals surface area contributed by atoms with Crippen LogP contribution in [0.2, 0.25) is 0 Å². The number of nitrogens with zero attached hydrogens (tertiary/aromatic N) is 3. The monoisotopic (exact) mass is 412 g/mol. The highest BCUT2D eigenvalue weighted by atomic mass is 32.2. The molecule has 3 aromatic rings. The van der Waals surface area contributed by atoms with Crippen molar-refractivity contribution in [1.82, 2.24) is 14.8 Å². The molecule has 0 spiro atoms. The maximum atomic E-state index is 13.0. The first-order valence-electron chi connectivity index (χ1n) is 9.60. The largest absolute Gasteiger partial charge is 0.325 e. The van der Waals surface area contributed by atoms with Crippen LogP contribution in [0.1, 0.15) is 45.1 Å². The van der Waals surface area contributed by atoms with Crippen LogP contribution in [-0.2, 0) is 11.3 Å². The number of thioether (sulfide) groups is 1. The van der Waals surface area contributed by atoms with E-state index in [2.05, 4.69) is 59.1 Å². The fourth-order valence-electron chi connectivity index (χ4n) is 3.10. The molecule has 28 heavy (non-hydrogen) atoms. The first-order chi connectivity index (χ1) is 13.5. The summed E-state index contributed by atoms with van der Waals surface area (Å²) in [7, 11) is 0. The highest BCUT2D eigenvalue weighted by molar-refractivity contribution is 8.01. The van der Waals surface area contributed by atoms with Crippen molar-refractivity contribution in [3.8, 4) is 10.7 Å². The van der Waals surface area contributed by atoms with Crippen molar-refractivity contribution >= 4 is 34.7 Å². The van der Waals surface area contributed by atoms with Crippen molar-refractivity contribution in [1.29, 1.82) is 0 Å². The first kappa shape index (κ1) is 19.2. The van der Waals surface area contributed by atoms with Crippen LogP contribution in [0.15, 0.2) is 46.9 Å². The zero-order valence-corrected chi connectivity index (χ0v) is 17.9. The molecule has 0 saturated heterocycles. The standard InChI is InChI=1S/C21H24N4OS2/c1-4-25-18(17-6-5-13-27-17)23-24-20(25)28-21(11-12-21)19(26)22-16-9-7-15(8-10-16)14(2)3/h5-10,13-14H,4,11-12H2,1-3H3,(H,22,26). The number of benzene rings is 1. The fourth-order valence-corrected chi connectivity index (χ4v) is 5.02. The summed E-state index contributed by atoms with van der Waals surface area (Å²) in [5.74, 6) is 1.41. The quantitative estimate of drug-likeness (QED) is 0.563. The Hall–Kier alpha value is -2.12. The van der Waals surface area contributed by atoms with Gasteiger partial charge in [-0.3, -0.25) is 4.79 Å². The third-order valence-electron chi connectivity index (χ3n) is 5.01. The Balaban J connectivity index is 1.49. The minimum absolute atomic E-state index is 0.0538. The Morgan fingerprint density at radius 1 is 1.25 bits per heavy atom. The number of hydrogen-bond donors (Lipinski definition) is 1. The van der Waals surface area contributed by atoms with Crippen LogP contribution in [0.25, 0.3) is 10.7 Å². The van der Waals surface area contributed by atoms with E-state index < -0.39 is 4.75 Å². The predicted molar refractivity (Wildman–Crippen MR) is 116 cm³/mol. The molecule has 4 rings (SSSR count). The number of amides is 1. The van der Waals surface area contributed by atoms with Crippen LogP contribution >= 0.6 is 23.1 Å². The van der Waals surface area contributed by atoms with Crippen LogP contribution in [0.3, 0.4) is 0 Å². The van der Waals surface area contributed by atoms with E-state index in [4.69, 9.17) is 0 Å². The Labute approximate surface area is 173 Å². The molecule has 2 heterocycles. The molecule has 0 bridgehead atoms. The number of hydrogen-bond acceptors (Lipinski definition) is 5. The average molecular weight is 413 g/mol. The van der Waals surface area contributed by atoms with Gasteiger partial charge in [0.1, 0.15) is 4.75 Å². The summed E-state index contributed by atoms with van der Waals surface area (Å²) in [5, 5.41) is 14.7. The Morgan fingerprint density at radius 2 is 2.00 bits per heavy atom. The highest BCUT2D eigenvalue weighted by Crippen LogP contribution is 2.52. The number of carbonyl (C=O) groups is 1. The summed E-state index contributed by atoms with van der Waals surface area (Å²) in [5.41, 5.74) is 2.11. The first-order valence-corrected chi connectivity index (χ1v) is 11.3. The van der Waals surface area contributed by atoms with Gasteiger partial charge in [0, 0.05) is 12.2 Å². The Bertz CT molecular complexity index is 957. The van der Waals surface area contributed by atoms with E-state index in [-0.39, 0.29) is 5.91 Å². The molecule has 1 aliphatic carbocycles. The molecule has 0 atom stereocenters. The number of anilines is 1. The molecule has 1 aliphatic rings. The van der Waals surface area contributed by atoms with Gasteiger partial charge in [0.15, 0.2) is 11.0 Å². The van der Waals surface area contributed by atoms with Crippen LogP contribution in [0, 0.1) is 0 Å². The molecule has 1 amide bonds. The third-order valence-corrected chi connectivity index (χ3v) is 7.35. The number of aromatic nitrogens is 3. The number of thiophene rings is 1. The van der Waals surface area contributed by atoms with E-state index in [1.54, 1.807) is 23.1 Å². The predicted octanol–water partition coefficient (Wildman–Crippen LogP) is 5.41. The third kappa shape index (κ3) is 3.73. The summed E-state index contributed by atoms with van der Waals surface area (Å²) < 4.78 is 1.66. The second-order valence-corrected chi connectivity index (χ2v) is 9.65. The maximum Gasteiger partial charge on any atom is 0.241 e. The van der Waals surface area contributed by atoms with Gasteiger partial charge < -0.3 is 9.88 Å². The number of rotatable bonds is 7. The van der Waals surface area contributed by atoms with Crippen LogP contribution in [-0.4, -0.2) is 25.4 Å². The zero-order chi connectivity index (χ0) is 19.7. The SMILES string of the molecule is CCn1c(SC2(C(=O)Nc3ccc(C(C)C)cc3)CC2)nnc1-c1cccs1. The lowest BCUT2D eigenvalue weighted by molar-refractivity contribution is -0.116. The van der Waals surface area contributed by atoms with Gasteiger partial charge in [-0.2, -0.15) is 0 Å². The van der Waals surface area contributed by atoms with Crippen LogP contribution in [0.4, 0.5) is 5.69 Å². The molecule has 1 aromatic carbocycles. The lowest BCUT2D eigenvalue weighted by atomic mass is 10.0. The normalized spacial score (nSPS) is 15.0. The molecule has 0 unspecified atom stereocenters. The van der Waals surface area contributed by atoms with Gasteiger partial charge in [0.05, 0.1) is 4.88 Å². The maximum absolute atomic E-state index is 13.0. The number of carbonyl (C=O) groups excluding carboxylic acids is 1. The number of nitrogens with one attached hydrogen (secondary N) is 1. The Kier molecular flexibility index (Phi) is 5.29. The van der Waals surface area contributed by atoms with E-state index in [0.29, 0.717) is 5.92 Å². The van der Waals surface area contributed by atoms with Crippen molar-refractivity contribution < 1.29 is 4.79 Å². The zero-order valence-electron chi connectivity index (χ0n) is 16.3. The summed E-state index contributed by atoms with van der Waals surface area (Å²) in [6.45, 7) is 7.19. The van der Waals surface area contributed by atoms with E-state index in [1.807, 2.05) is 23.6 Å². The van der Waals surface area contributed by atoms with Crippen molar-refractivity contribution in [2.24, 2.45) is 0 Å². The Morgan fingerprint density at radius 3 is 2.57 bits per heavy atom. The molecule has 1 N–H and O–H groups in total. The van der Waals surface area contributed by atoms with Gasteiger partial charge in [-0.05, 0) is 54.8 Å². The molecule has 7 heteroatoms. The second-order valence-electron chi connectivity index (χ2n) is 7.35. The van der Waals surface area contributed by atoms with Crippen LogP contribution < -0.4 is 5.32 Å². The van der Waals surface area contributed by atoms with Gasteiger partial charge in [0.25, 0.3) is 0 Å². The lowest BCUT2D eigenvalue weighted by Gasteiger charge is -2.15. The van der Waals surface area contributed by atoms with Gasteiger partial charge in [-0.15, -0.1) is 21.5 Å². The molecule has 0 aliphatic heterocycles. The van der Waals surface area contributed by atoms with Gasteiger partial charge >= 0.3 is 0 Å². The minimum atomic E-state index is -0.441. The topological polar surface area (TPSA) is 59.8 Å². The van der Waals surface area contributed by atoms with Gasteiger partial charge in [-0.25, -0.2) is 0 Å². The summed E-state index contributed by atoms with van der Waals surface area (Å²) in [6, 6.07) is 12.2. The van der Waals surface area contributed by atoms with E-state index in [0.717, 1.165) is 40.9 Å². The smallest absolute Gasteiger partial charge is 0.241 e. The van der Waals surface area contributed by atoms with E-state index in [1.165, 1.54) is 5.56 Å². The molecule has 5 nitrogen and oxygen atoms in total. The highest BCUT2D eigenvalue weighted by Gasteiger charge is 2.52. The summed E-state index contributed by atoms with van der Waals surface area (Å²) in [6.07, 6.45) is 1.72. The molecule has 1 fully saturated rings. The van der Waals surface area contributed by atoms with E-state index >= 15 is 0 Å². The molecular weight excluding hydrogens is 388 g/mol. The van der Waals surface area contributed by atoms with Gasteiger partial charge in [-0.1, -0.05) is 43.8 Å². The van der Waals surface area contributed by atoms with Crippen molar-refractivity contribution in [3.63, 3.8) is 0 Å². The fraction of sp³-hybridized carbons (Fsp3) is 0.381. The van der Waals surface area contributed by atoms with Crippen molar-refractivity contribution in [3.05, 3.63) is 47.3 Å². The molecular formula is C21H24N4OS2. The molecule has 146 valence electrons. The lowest BCUT2D eigenvalue weighted by Crippen LogP contribution is -2.27. The van der Waals surface area contributed by atoms with E-state index in [9.17, 15) is 4.79 Å². The summed E-state index contributed by atoms with van der Waals surface area (Å²) in [4.78, 5) is 14.1. The molecule has 0 radical (unpaired) electrons. The average Bonchev–Trinajstić information content (AvgIpc) is 3.10. The van der Waals surface area contributed by atoms with Crippen molar-refractivity contribution in [2.45, 2.75) is 56.0 Å². The second kappa shape index (κ2) is 7.72. The molecule has 2 aromatic heterocycles. The van der Waals surface area contributed by atoms with Crippen LogP contribution in [0.5, 0.6) is 0 Å². The molecule has 1 saturated carbocycles. The van der Waals surface area contributed by atoms with Gasteiger partial charge in [0.2, 0.25) is 5.91 Å².